The number of likely N-dealkylation sites (tertiary alicyclic amines) is 1. The molecule has 0 saturated carbocycles. The Kier molecular flexibility index (Phi) is 4.09. The molecule has 4 N–H and O–H groups in total. The predicted molar refractivity (Wildman–Crippen MR) is 71.5 cm³/mol. The summed E-state index contributed by atoms with van der Waals surface area (Å²) in [6, 6.07) is 4.99. The third-order valence-electron chi connectivity index (χ3n) is 3.84. The summed E-state index contributed by atoms with van der Waals surface area (Å²) in [5.41, 5.74) is 6.70. The van der Waals surface area contributed by atoms with Crippen LogP contribution in [0.15, 0.2) is 18.2 Å². The summed E-state index contributed by atoms with van der Waals surface area (Å²) >= 11 is 0. The van der Waals surface area contributed by atoms with Crippen molar-refractivity contribution in [3.05, 3.63) is 23.8 Å². The van der Waals surface area contributed by atoms with E-state index < -0.39 is 0 Å². The van der Waals surface area contributed by atoms with Crippen LogP contribution < -0.4 is 5.73 Å². The fraction of sp³-hybridized carbons (Fsp3) is 0.571. The molecule has 2 atom stereocenters. The van der Waals surface area contributed by atoms with Gasteiger partial charge < -0.3 is 15.9 Å². The lowest BCUT2D eigenvalue weighted by atomic mass is 9.95. The van der Waals surface area contributed by atoms with Gasteiger partial charge in [-0.2, -0.15) is 0 Å². The van der Waals surface area contributed by atoms with Crippen LogP contribution in [-0.4, -0.2) is 34.7 Å². The maximum Gasteiger partial charge on any atom is 0.119 e. The van der Waals surface area contributed by atoms with Gasteiger partial charge in [0, 0.05) is 18.7 Å². The minimum absolute atomic E-state index is 0.115. The second-order valence-electron chi connectivity index (χ2n) is 5.20. The molecule has 0 aliphatic carbocycles. The van der Waals surface area contributed by atoms with Crippen molar-refractivity contribution in [2.45, 2.75) is 25.8 Å². The zero-order chi connectivity index (χ0) is 13.1. The number of benzene rings is 1. The van der Waals surface area contributed by atoms with Gasteiger partial charge in [-0.1, -0.05) is 0 Å². The molecule has 0 amide bonds. The molecule has 1 heterocycles. The van der Waals surface area contributed by atoms with Gasteiger partial charge in [-0.25, -0.2) is 0 Å². The van der Waals surface area contributed by atoms with E-state index >= 15 is 0 Å². The van der Waals surface area contributed by atoms with E-state index in [1.807, 2.05) is 0 Å². The van der Waals surface area contributed by atoms with E-state index in [0.717, 1.165) is 31.6 Å². The number of phenolic OH excluding ortho intramolecular Hbond substituents is 2. The van der Waals surface area contributed by atoms with Gasteiger partial charge in [-0.15, -0.1) is 0 Å². The van der Waals surface area contributed by atoms with Gasteiger partial charge in [0.15, 0.2) is 0 Å². The summed E-state index contributed by atoms with van der Waals surface area (Å²) in [6.07, 6.45) is 2.36. The summed E-state index contributed by atoms with van der Waals surface area (Å²) in [5, 5.41) is 19.1. The van der Waals surface area contributed by atoms with E-state index in [4.69, 9.17) is 5.73 Å². The van der Waals surface area contributed by atoms with E-state index in [9.17, 15) is 10.2 Å². The van der Waals surface area contributed by atoms with Gasteiger partial charge >= 0.3 is 0 Å². The Morgan fingerprint density at radius 1 is 1.33 bits per heavy atom. The van der Waals surface area contributed by atoms with Crippen molar-refractivity contribution >= 4 is 0 Å². The lowest BCUT2D eigenvalue weighted by molar-refractivity contribution is 0.134. The average Bonchev–Trinajstić information content (AvgIpc) is 2.37. The molecule has 2 rings (SSSR count). The predicted octanol–water partition coefficient (Wildman–Crippen LogP) is 1.83. The second kappa shape index (κ2) is 5.59. The highest BCUT2D eigenvalue weighted by molar-refractivity contribution is 5.38. The molecule has 18 heavy (non-hydrogen) atoms. The van der Waals surface area contributed by atoms with Crippen LogP contribution in [0.25, 0.3) is 0 Å². The number of nitrogens with two attached hydrogens (primary N) is 1. The molecular weight excluding hydrogens is 228 g/mol. The Bertz CT molecular complexity index is 389. The van der Waals surface area contributed by atoms with Gasteiger partial charge in [-0.3, -0.25) is 4.90 Å². The van der Waals surface area contributed by atoms with Crippen molar-refractivity contribution in [3.8, 4) is 11.5 Å². The molecule has 1 aliphatic heterocycles. The Labute approximate surface area is 108 Å². The lowest BCUT2D eigenvalue weighted by Crippen LogP contribution is -2.39. The topological polar surface area (TPSA) is 69.7 Å². The first-order valence-electron chi connectivity index (χ1n) is 6.57. The van der Waals surface area contributed by atoms with E-state index in [2.05, 4.69) is 11.8 Å². The van der Waals surface area contributed by atoms with Crippen molar-refractivity contribution in [1.82, 2.24) is 4.90 Å². The first-order chi connectivity index (χ1) is 8.60. The SMILES string of the molecule is CC(c1cc(O)cc(O)c1)N1CCCC(CN)C1. The minimum atomic E-state index is 0.115. The maximum absolute atomic E-state index is 9.54. The fourth-order valence-electron chi connectivity index (χ4n) is 2.71. The van der Waals surface area contributed by atoms with E-state index in [1.54, 1.807) is 12.1 Å². The average molecular weight is 250 g/mol. The normalized spacial score (nSPS) is 22.9. The first kappa shape index (κ1) is 13.2. The Balaban J connectivity index is 2.12. The lowest BCUT2D eigenvalue weighted by Gasteiger charge is -2.36. The van der Waals surface area contributed by atoms with Crippen molar-refractivity contribution in [1.29, 1.82) is 0 Å². The molecule has 1 saturated heterocycles. The van der Waals surface area contributed by atoms with Crippen molar-refractivity contribution in [2.24, 2.45) is 11.7 Å². The third kappa shape index (κ3) is 2.94. The van der Waals surface area contributed by atoms with Crippen LogP contribution in [0.5, 0.6) is 11.5 Å². The monoisotopic (exact) mass is 250 g/mol. The van der Waals surface area contributed by atoms with Crippen LogP contribution in [0.2, 0.25) is 0 Å². The van der Waals surface area contributed by atoms with Crippen molar-refractivity contribution in [3.63, 3.8) is 0 Å². The van der Waals surface area contributed by atoms with E-state index in [1.165, 1.54) is 12.5 Å². The molecule has 1 aliphatic rings. The molecule has 4 heteroatoms. The van der Waals surface area contributed by atoms with E-state index in [0.29, 0.717) is 5.92 Å². The van der Waals surface area contributed by atoms with Crippen LogP contribution in [0, 0.1) is 5.92 Å². The number of hydrogen-bond acceptors (Lipinski definition) is 4. The summed E-state index contributed by atoms with van der Waals surface area (Å²) < 4.78 is 0. The molecule has 1 fully saturated rings. The van der Waals surface area contributed by atoms with Crippen LogP contribution in [0.3, 0.4) is 0 Å². The Morgan fingerprint density at radius 3 is 2.61 bits per heavy atom. The highest BCUT2D eigenvalue weighted by Crippen LogP contribution is 2.30. The molecule has 0 radical (unpaired) electrons. The van der Waals surface area contributed by atoms with Crippen molar-refractivity contribution in [2.75, 3.05) is 19.6 Å². The second-order valence-corrected chi connectivity index (χ2v) is 5.20. The molecular formula is C14H22N2O2. The molecule has 100 valence electrons. The molecule has 0 spiro atoms. The van der Waals surface area contributed by atoms with Gasteiger partial charge in [-0.05, 0) is 56.5 Å². The zero-order valence-electron chi connectivity index (χ0n) is 10.8. The third-order valence-corrected chi connectivity index (χ3v) is 3.84. The quantitative estimate of drug-likeness (QED) is 0.765. The van der Waals surface area contributed by atoms with Crippen LogP contribution >= 0.6 is 0 Å². The van der Waals surface area contributed by atoms with Crippen LogP contribution in [-0.2, 0) is 0 Å². The fourth-order valence-corrected chi connectivity index (χ4v) is 2.71. The highest BCUT2D eigenvalue weighted by atomic mass is 16.3. The molecule has 0 aromatic heterocycles. The minimum Gasteiger partial charge on any atom is -0.508 e. The highest BCUT2D eigenvalue weighted by Gasteiger charge is 2.23. The number of aromatic hydroxyl groups is 2. The summed E-state index contributed by atoms with van der Waals surface area (Å²) in [5.74, 6) is 0.792. The van der Waals surface area contributed by atoms with Gasteiger partial charge in [0.05, 0.1) is 0 Å². The molecule has 1 aromatic rings. The summed E-state index contributed by atoms with van der Waals surface area (Å²) in [7, 11) is 0. The molecule has 0 bridgehead atoms. The largest absolute Gasteiger partial charge is 0.508 e. The Hall–Kier alpha value is -1.26. The molecule has 1 aromatic carbocycles. The standard InChI is InChI=1S/C14H22N2O2/c1-10(12-5-13(17)7-14(18)6-12)16-4-2-3-11(8-15)9-16/h5-7,10-11,17-18H,2-4,8-9,15H2,1H3. The number of hydrogen-bond donors (Lipinski definition) is 3. The smallest absolute Gasteiger partial charge is 0.119 e. The number of nitrogens with zero attached hydrogens (tertiary/aromatic N) is 1. The van der Waals surface area contributed by atoms with E-state index in [-0.39, 0.29) is 17.5 Å². The number of rotatable bonds is 3. The first-order valence-corrected chi connectivity index (χ1v) is 6.57. The summed E-state index contributed by atoms with van der Waals surface area (Å²) in [4.78, 5) is 2.37. The molecule has 4 nitrogen and oxygen atoms in total. The van der Waals surface area contributed by atoms with Gasteiger partial charge in [0.2, 0.25) is 0 Å². The van der Waals surface area contributed by atoms with Gasteiger partial charge in [0.25, 0.3) is 0 Å². The van der Waals surface area contributed by atoms with Gasteiger partial charge in [0.1, 0.15) is 11.5 Å². The number of phenols is 2. The summed E-state index contributed by atoms with van der Waals surface area (Å²) in [6.45, 7) is 4.88. The van der Waals surface area contributed by atoms with Crippen molar-refractivity contribution < 1.29 is 10.2 Å². The molecule has 2 unspecified atom stereocenters. The number of piperidine rings is 1. The Morgan fingerprint density at radius 2 is 2.00 bits per heavy atom. The zero-order valence-corrected chi connectivity index (χ0v) is 10.8. The maximum atomic E-state index is 9.54. The van der Waals surface area contributed by atoms with Crippen LogP contribution in [0.1, 0.15) is 31.4 Å². The van der Waals surface area contributed by atoms with Crippen LogP contribution in [0.4, 0.5) is 0 Å².